The third-order valence-corrected chi connectivity index (χ3v) is 4.77. The molecule has 19 heavy (non-hydrogen) atoms. The van der Waals surface area contributed by atoms with Gasteiger partial charge in [-0.25, -0.2) is 0 Å². The number of aryl methyl sites for hydroxylation is 1. The summed E-state index contributed by atoms with van der Waals surface area (Å²) in [6.07, 6.45) is 0. The van der Waals surface area contributed by atoms with Gasteiger partial charge in [-0.2, -0.15) is 11.3 Å². The molecule has 1 aromatic heterocycles. The fourth-order valence-electron chi connectivity index (χ4n) is 2.20. The lowest BCUT2D eigenvalue weighted by Gasteiger charge is -2.07. The maximum Gasteiger partial charge on any atom is 0.194 e. The summed E-state index contributed by atoms with van der Waals surface area (Å²) < 4.78 is 1.02. The van der Waals surface area contributed by atoms with Crippen LogP contribution >= 0.6 is 27.3 Å². The minimum atomic E-state index is 0.0995. The number of ketones is 1. The normalized spacial score (nSPS) is 10.8. The number of fused-ring (bicyclic) bond motifs is 1. The van der Waals surface area contributed by atoms with E-state index in [1.807, 2.05) is 54.1 Å². The fraction of sp³-hybridized carbons (Fsp3) is 0.0625. The van der Waals surface area contributed by atoms with Crippen LogP contribution < -0.4 is 0 Å². The van der Waals surface area contributed by atoms with Gasteiger partial charge in [0.25, 0.3) is 0 Å². The van der Waals surface area contributed by atoms with E-state index < -0.39 is 0 Å². The lowest BCUT2D eigenvalue weighted by atomic mass is 9.97. The summed E-state index contributed by atoms with van der Waals surface area (Å²) in [5, 5.41) is 6.00. The van der Waals surface area contributed by atoms with Crippen molar-refractivity contribution in [1.29, 1.82) is 0 Å². The Hall–Kier alpha value is -1.45. The molecule has 0 saturated heterocycles. The van der Waals surface area contributed by atoms with Gasteiger partial charge in [0, 0.05) is 21.0 Å². The van der Waals surface area contributed by atoms with E-state index in [2.05, 4.69) is 15.9 Å². The van der Waals surface area contributed by atoms with Crippen LogP contribution in [-0.4, -0.2) is 5.78 Å². The zero-order valence-corrected chi connectivity index (χ0v) is 12.7. The van der Waals surface area contributed by atoms with E-state index in [9.17, 15) is 4.79 Å². The summed E-state index contributed by atoms with van der Waals surface area (Å²) in [4.78, 5) is 12.6. The summed E-state index contributed by atoms with van der Waals surface area (Å²) in [5.74, 6) is 0.0995. The SMILES string of the molecule is Cc1cscc1C(=O)c1ccc(Br)c2ccccc12. The maximum absolute atomic E-state index is 12.6. The van der Waals surface area contributed by atoms with Crippen LogP contribution in [0.15, 0.2) is 51.6 Å². The van der Waals surface area contributed by atoms with Gasteiger partial charge in [-0.1, -0.05) is 40.2 Å². The van der Waals surface area contributed by atoms with Gasteiger partial charge in [-0.05, 0) is 40.8 Å². The molecule has 0 aliphatic rings. The lowest BCUT2D eigenvalue weighted by Crippen LogP contribution is -2.02. The first-order valence-corrected chi connectivity index (χ1v) is 7.67. The molecule has 0 saturated carbocycles. The molecule has 0 aliphatic heterocycles. The van der Waals surface area contributed by atoms with Crippen molar-refractivity contribution in [2.45, 2.75) is 6.92 Å². The van der Waals surface area contributed by atoms with Crippen LogP contribution in [0.2, 0.25) is 0 Å². The van der Waals surface area contributed by atoms with E-state index in [-0.39, 0.29) is 5.78 Å². The number of hydrogen-bond acceptors (Lipinski definition) is 2. The largest absolute Gasteiger partial charge is 0.289 e. The second-order valence-corrected chi connectivity index (χ2v) is 6.04. The first-order valence-electron chi connectivity index (χ1n) is 5.93. The Morgan fingerprint density at radius 1 is 1.00 bits per heavy atom. The molecule has 0 atom stereocenters. The number of halogens is 1. The van der Waals surface area contributed by atoms with Crippen LogP contribution in [0, 0.1) is 6.92 Å². The Kier molecular flexibility index (Phi) is 3.25. The van der Waals surface area contributed by atoms with Crippen LogP contribution in [0.25, 0.3) is 10.8 Å². The fourth-order valence-corrected chi connectivity index (χ4v) is 3.50. The van der Waals surface area contributed by atoms with Crippen LogP contribution in [0.4, 0.5) is 0 Å². The van der Waals surface area contributed by atoms with E-state index in [4.69, 9.17) is 0 Å². The second kappa shape index (κ2) is 4.91. The van der Waals surface area contributed by atoms with Crippen LogP contribution in [-0.2, 0) is 0 Å². The molecular weight excluding hydrogens is 320 g/mol. The molecule has 0 amide bonds. The predicted octanol–water partition coefficient (Wildman–Crippen LogP) is 5.20. The summed E-state index contributed by atoms with van der Waals surface area (Å²) >= 11 is 5.10. The van der Waals surface area contributed by atoms with E-state index in [0.717, 1.165) is 31.9 Å². The van der Waals surface area contributed by atoms with Crippen molar-refractivity contribution in [2.24, 2.45) is 0 Å². The number of hydrogen-bond donors (Lipinski definition) is 0. The van der Waals surface area contributed by atoms with Gasteiger partial charge in [0.05, 0.1) is 0 Å². The molecule has 0 radical (unpaired) electrons. The Morgan fingerprint density at radius 2 is 1.74 bits per heavy atom. The van der Waals surface area contributed by atoms with Crippen molar-refractivity contribution in [3.63, 3.8) is 0 Å². The smallest absolute Gasteiger partial charge is 0.194 e. The van der Waals surface area contributed by atoms with Gasteiger partial charge in [0.15, 0.2) is 5.78 Å². The summed E-state index contributed by atoms with van der Waals surface area (Å²) in [5.41, 5.74) is 2.61. The molecule has 3 aromatic rings. The number of rotatable bonds is 2. The molecule has 0 spiro atoms. The van der Waals surface area contributed by atoms with Crippen LogP contribution in [0.5, 0.6) is 0 Å². The maximum atomic E-state index is 12.6. The molecule has 0 bridgehead atoms. The Morgan fingerprint density at radius 3 is 2.42 bits per heavy atom. The Balaban J connectivity index is 2.24. The molecular formula is C16H11BrOS. The predicted molar refractivity (Wildman–Crippen MR) is 84.1 cm³/mol. The van der Waals surface area contributed by atoms with Gasteiger partial charge < -0.3 is 0 Å². The van der Waals surface area contributed by atoms with Crippen molar-refractivity contribution < 1.29 is 4.79 Å². The van der Waals surface area contributed by atoms with Crippen LogP contribution in [0.1, 0.15) is 21.5 Å². The van der Waals surface area contributed by atoms with Crippen molar-refractivity contribution in [3.05, 3.63) is 68.3 Å². The van der Waals surface area contributed by atoms with Gasteiger partial charge in [-0.3, -0.25) is 4.79 Å². The van der Waals surface area contributed by atoms with E-state index in [1.54, 1.807) is 11.3 Å². The molecule has 0 unspecified atom stereocenters. The zero-order chi connectivity index (χ0) is 13.4. The molecule has 1 nitrogen and oxygen atoms in total. The van der Waals surface area contributed by atoms with Crippen molar-refractivity contribution in [1.82, 2.24) is 0 Å². The molecule has 0 aliphatic carbocycles. The lowest BCUT2D eigenvalue weighted by molar-refractivity contribution is 0.104. The summed E-state index contributed by atoms with van der Waals surface area (Å²) in [6.45, 7) is 1.98. The molecule has 0 N–H and O–H groups in total. The highest BCUT2D eigenvalue weighted by Gasteiger charge is 2.15. The van der Waals surface area contributed by atoms with Crippen molar-refractivity contribution in [2.75, 3.05) is 0 Å². The Bertz CT molecular complexity index is 773. The van der Waals surface area contributed by atoms with Crippen LogP contribution in [0.3, 0.4) is 0 Å². The average Bonchev–Trinajstić information content (AvgIpc) is 2.85. The third kappa shape index (κ3) is 2.13. The molecule has 2 aromatic carbocycles. The number of benzene rings is 2. The molecule has 1 heterocycles. The standard InChI is InChI=1S/C16H11BrOS/c1-10-8-19-9-14(10)16(18)13-6-7-15(17)12-5-3-2-4-11(12)13/h2-9H,1H3. The van der Waals surface area contributed by atoms with E-state index >= 15 is 0 Å². The highest BCUT2D eigenvalue weighted by atomic mass is 79.9. The van der Waals surface area contributed by atoms with Gasteiger partial charge in [0.2, 0.25) is 0 Å². The minimum Gasteiger partial charge on any atom is -0.289 e. The highest BCUT2D eigenvalue weighted by Crippen LogP contribution is 2.29. The van der Waals surface area contributed by atoms with Gasteiger partial charge in [-0.15, -0.1) is 0 Å². The molecule has 3 rings (SSSR count). The highest BCUT2D eigenvalue weighted by molar-refractivity contribution is 9.10. The Labute approximate surface area is 124 Å². The number of thiophene rings is 1. The summed E-state index contributed by atoms with van der Waals surface area (Å²) in [6, 6.07) is 11.8. The van der Waals surface area contributed by atoms with Crippen molar-refractivity contribution in [3.8, 4) is 0 Å². The quantitative estimate of drug-likeness (QED) is 0.590. The minimum absolute atomic E-state index is 0.0995. The third-order valence-electron chi connectivity index (χ3n) is 3.22. The molecule has 0 fully saturated rings. The zero-order valence-electron chi connectivity index (χ0n) is 10.3. The number of carbonyl (C=O) groups excluding carboxylic acids is 1. The topological polar surface area (TPSA) is 17.1 Å². The van der Waals surface area contributed by atoms with Crippen molar-refractivity contribution >= 4 is 43.8 Å². The number of carbonyl (C=O) groups is 1. The average molecular weight is 331 g/mol. The first kappa shape index (κ1) is 12.6. The second-order valence-electron chi connectivity index (χ2n) is 4.44. The monoisotopic (exact) mass is 330 g/mol. The summed E-state index contributed by atoms with van der Waals surface area (Å²) in [7, 11) is 0. The first-order chi connectivity index (χ1) is 9.18. The van der Waals surface area contributed by atoms with E-state index in [1.165, 1.54) is 0 Å². The van der Waals surface area contributed by atoms with Gasteiger partial charge >= 0.3 is 0 Å². The van der Waals surface area contributed by atoms with Gasteiger partial charge in [0.1, 0.15) is 0 Å². The molecule has 3 heteroatoms. The molecule has 94 valence electrons. The van der Waals surface area contributed by atoms with E-state index in [0.29, 0.717) is 0 Å².